The van der Waals surface area contributed by atoms with Gasteiger partial charge in [0.05, 0.1) is 0 Å². The van der Waals surface area contributed by atoms with E-state index in [0.29, 0.717) is 0 Å². The van der Waals surface area contributed by atoms with E-state index in [2.05, 4.69) is 47.1 Å². The predicted molar refractivity (Wildman–Crippen MR) is 86.3 cm³/mol. The van der Waals surface area contributed by atoms with Gasteiger partial charge in [0, 0.05) is 37.9 Å². The minimum Gasteiger partial charge on any atom is -0.369 e. The molecule has 0 radical (unpaired) electrons. The minimum atomic E-state index is 0.871. The second-order valence-electron chi connectivity index (χ2n) is 6.44. The maximum atomic E-state index is 2.76. The van der Waals surface area contributed by atoms with E-state index in [1.807, 2.05) is 0 Å². The number of para-hydroxylation sites is 1. The van der Waals surface area contributed by atoms with Crippen molar-refractivity contribution in [2.75, 3.05) is 31.1 Å². The Labute approximate surface area is 123 Å². The van der Waals surface area contributed by atoms with Crippen LogP contribution in [-0.2, 0) is 0 Å². The molecule has 0 bridgehead atoms. The first-order chi connectivity index (χ1) is 9.86. The third-order valence-electron chi connectivity index (χ3n) is 5.35. The van der Waals surface area contributed by atoms with Crippen LogP contribution in [0, 0.1) is 5.92 Å². The lowest BCUT2D eigenvalue weighted by Crippen LogP contribution is -2.51. The van der Waals surface area contributed by atoms with E-state index in [1.54, 1.807) is 0 Å². The highest BCUT2D eigenvalue weighted by Crippen LogP contribution is 2.30. The molecule has 0 amide bonds. The standard InChI is InChI=1S/C18H28N2/c1-2-16-8-10-18(11-9-16)20-14-12-19(13-15-20)17-6-4-3-5-7-17/h3-7,16,18H,2,8-15H2,1H3. The van der Waals surface area contributed by atoms with E-state index in [-0.39, 0.29) is 0 Å². The van der Waals surface area contributed by atoms with Crippen LogP contribution in [0.1, 0.15) is 39.0 Å². The molecule has 2 fully saturated rings. The van der Waals surface area contributed by atoms with Gasteiger partial charge in [-0.1, -0.05) is 31.5 Å². The van der Waals surface area contributed by atoms with Gasteiger partial charge >= 0.3 is 0 Å². The number of anilines is 1. The molecule has 0 aromatic heterocycles. The lowest BCUT2D eigenvalue weighted by Gasteiger charge is -2.42. The van der Waals surface area contributed by atoms with Crippen molar-refractivity contribution in [3.63, 3.8) is 0 Å². The maximum Gasteiger partial charge on any atom is 0.0367 e. The molecule has 2 aliphatic rings. The Kier molecular flexibility index (Phi) is 4.62. The molecular formula is C18H28N2. The van der Waals surface area contributed by atoms with Crippen molar-refractivity contribution >= 4 is 5.69 Å². The largest absolute Gasteiger partial charge is 0.369 e. The molecule has 1 aromatic carbocycles. The zero-order valence-corrected chi connectivity index (χ0v) is 12.8. The highest BCUT2D eigenvalue weighted by molar-refractivity contribution is 5.46. The summed E-state index contributed by atoms with van der Waals surface area (Å²) in [6, 6.07) is 11.7. The fourth-order valence-corrected chi connectivity index (χ4v) is 3.90. The lowest BCUT2D eigenvalue weighted by molar-refractivity contribution is 0.128. The van der Waals surface area contributed by atoms with Crippen LogP contribution in [0.2, 0.25) is 0 Å². The van der Waals surface area contributed by atoms with Crippen molar-refractivity contribution in [1.82, 2.24) is 4.90 Å². The first-order valence-corrected chi connectivity index (χ1v) is 8.41. The highest BCUT2D eigenvalue weighted by Gasteiger charge is 2.27. The molecule has 2 heteroatoms. The molecular weight excluding hydrogens is 244 g/mol. The van der Waals surface area contributed by atoms with Crippen molar-refractivity contribution in [1.29, 1.82) is 0 Å². The molecule has 0 spiro atoms. The highest BCUT2D eigenvalue weighted by atomic mass is 15.3. The number of piperazine rings is 1. The minimum absolute atomic E-state index is 0.871. The van der Waals surface area contributed by atoms with Crippen molar-refractivity contribution in [3.8, 4) is 0 Å². The Bertz CT molecular complexity index is 387. The van der Waals surface area contributed by atoms with E-state index in [1.165, 1.54) is 64.0 Å². The summed E-state index contributed by atoms with van der Waals surface area (Å²) in [4.78, 5) is 5.29. The molecule has 1 aliphatic carbocycles. The first kappa shape index (κ1) is 13.9. The zero-order chi connectivity index (χ0) is 13.8. The van der Waals surface area contributed by atoms with Gasteiger partial charge in [-0.25, -0.2) is 0 Å². The van der Waals surface area contributed by atoms with Crippen molar-refractivity contribution in [3.05, 3.63) is 30.3 Å². The summed E-state index contributed by atoms with van der Waals surface area (Å²) in [6.07, 6.45) is 7.17. The number of hydrogen-bond acceptors (Lipinski definition) is 2. The van der Waals surface area contributed by atoms with Gasteiger partial charge in [0.15, 0.2) is 0 Å². The van der Waals surface area contributed by atoms with Crippen molar-refractivity contribution in [2.24, 2.45) is 5.92 Å². The molecule has 1 heterocycles. The number of hydrogen-bond donors (Lipinski definition) is 0. The summed E-state index contributed by atoms with van der Waals surface area (Å²) in [5, 5.41) is 0. The third-order valence-corrected chi connectivity index (χ3v) is 5.35. The predicted octanol–water partition coefficient (Wildman–Crippen LogP) is 3.78. The van der Waals surface area contributed by atoms with E-state index < -0.39 is 0 Å². The van der Waals surface area contributed by atoms with E-state index in [4.69, 9.17) is 0 Å². The summed E-state index contributed by atoms with van der Waals surface area (Å²) < 4.78 is 0. The molecule has 110 valence electrons. The summed E-state index contributed by atoms with van der Waals surface area (Å²) in [6.45, 7) is 7.23. The summed E-state index contributed by atoms with van der Waals surface area (Å²) >= 11 is 0. The molecule has 2 nitrogen and oxygen atoms in total. The van der Waals surface area contributed by atoms with Gasteiger partial charge in [-0.05, 0) is 43.7 Å². The average Bonchev–Trinajstić information content (AvgIpc) is 2.56. The van der Waals surface area contributed by atoms with Crippen molar-refractivity contribution < 1.29 is 0 Å². The first-order valence-electron chi connectivity index (χ1n) is 8.41. The summed E-state index contributed by atoms with van der Waals surface area (Å²) in [7, 11) is 0. The van der Waals surface area contributed by atoms with Crippen molar-refractivity contribution in [2.45, 2.75) is 45.1 Å². The Morgan fingerprint density at radius 3 is 2.15 bits per heavy atom. The third kappa shape index (κ3) is 3.17. The van der Waals surface area contributed by atoms with Crippen LogP contribution in [0.5, 0.6) is 0 Å². The van der Waals surface area contributed by atoms with E-state index in [9.17, 15) is 0 Å². The van der Waals surface area contributed by atoms with Crippen LogP contribution in [0.25, 0.3) is 0 Å². The van der Waals surface area contributed by atoms with Gasteiger partial charge < -0.3 is 4.90 Å². The van der Waals surface area contributed by atoms with Gasteiger partial charge in [-0.3, -0.25) is 4.90 Å². The number of benzene rings is 1. The van der Waals surface area contributed by atoms with Crippen LogP contribution in [0.3, 0.4) is 0 Å². The maximum absolute atomic E-state index is 2.76. The van der Waals surface area contributed by atoms with Crippen LogP contribution >= 0.6 is 0 Å². The zero-order valence-electron chi connectivity index (χ0n) is 12.8. The van der Waals surface area contributed by atoms with Gasteiger partial charge in [0.2, 0.25) is 0 Å². The monoisotopic (exact) mass is 272 g/mol. The Morgan fingerprint density at radius 1 is 0.900 bits per heavy atom. The number of nitrogens with zero attached hydrogens (tertiary/aromatic N) is 2. The van der Waals surface area contributed by atoms with Gasteiger partial charge in [-0.15, -0.1) is 0 Å². The average molecular weight is 272 g/mol. The quantitative estimate of drug-likeness (QED) is 0.826. The number of rotatable bonds is 3. The van der Waals surface area contributed by atoms with Crippen LogP contribution < -0.4 is 4.90 Å². The van der Waals surface area contributed by atoms with E-state index >= 15 is 0 Å². The molecule has 0 unspecified atom stereocenters. The Morgan fingerprint density at radius 2 is 1.55 bits per heavy atom. The summed E-state index contributed by atoms with van der Waals surface area (Å²) in [5.74, 6) is 1.01. The molecule has 20 heavy (non-hydrogen) atoms. The molecule has 1 aliphatic heterocycles. The molecule has 1 aromatic rings. The lowest BCUT2D eigenvalue weighted by atomic mass is 9.84. The SMILES string of the molecule is CCC1CCC(N2CCN(c3ccccc3)CC2)CC1. The fourth-order valence-electron chi connectivity index (χ4n) is 3.90. The normalized spacial score (nSPS) is 28.6. The fraction of sp³-hybridized carbons (Fsp3) is 0.667. The second-order valence-corrected chi connectivity index (χ2v) is 6.44. The Balaban J connectivity index is 1.49. The molecule has 3 rings (SSSR count). The van der Waals surface area contributed by atoms with Gasteiger partial charge in [0.1, 0.15) is 0 Å². The molecule has 1 saturated heterocycles. The van der Waals surface area contributed by atoms with Crippen LogP contribution in [0.4, 0.5) is 5.69 Å². The smallest absolute Gasteiger partial charge is 0.0367 e. The van der Waals surface area contributed by atoms with Gasteiger partial charge in [0.25, 0.3) is 0 Å². The topological polar surface area (TPSA) is 6.48 Å². The molecule has 0 N–H and O–H groups in total. The van der Waals surface area contributed by atoms with E-state index in [0.717, 1.165) is 12.0 Å². The Hall–Kier alpha value is -1.02. The molecule has 0 atom stereocenters. The van der Waals surface area contributed by atoms with Crippen LogP contribution in [-0.4, -0.2) is 37.1 Å². The second kappa shape index (κ2) is 6.62. The van der Waals surface area contributed by atoms with Crippen LogP contribution in [0.15, 0.2) is 30.3 Å². The summed E-state index contributed by atoms with van der Waals surface area (Å²) in [5.41, 5.74) is 1.39. The van der Waals surface area contributed by atoms with Gasteiger partial charge in [-0.2, -0.15) is 0 Å². The molecule has 1 saturated carbocycles.